The van der Waals surface area contributed by atoms with Gasteiger partial charge in [-0.3, -0.25) is 9.59 Å². The Bertz CT molecular complexity index is 812. The van der Waals surface area contributed by atoms with Crippen LogP contribution in [0.4, 0.5) is 0 Å². The highest BCUT2D eigenvalue weighted by Crippen LogP contribution is 2.22. The van der Waals surface area contributed by atoms with Gasteiger partial charge >= 0.3 is 0 Å². The first-order valence-corrected chi connectivity index (χ1v) is 9.25. The molecule has 4 N–H and O–H groups in total. The lowest BCUT2D eigenvalue weighted by atomic mass is 9.96. The van der Waals surface area contributed by atoms with E-state index < -0.39 is 36.6 Å². The molecule has 0 radical (unpaired) electrons. The lowest BCUT2D eigenvalue weighted by molar-refractivity contribution is -0.253. The molecule has 8 nitrogen and oxygen atoms in total. The maximum Gasteiger partial charge on any atom is 0.251 e. The van der Waals surface area contributed by atoms with Crippen LogP contribution in [0.5, 0.6) is 0 Å². The molecule has 0 saturated carbocycles. The smallest absolute Gasteiger partial charge is 0.251 e. The van der Waals surface area contributed by atoms with Crippen LogP contribution in [0, 0.1) is 0 Å². The summed E-state index contributed by atoms with van der Waals surface area (Å²) in [6.45, 7) is -0.0365. The predicted octanol–water partition coefficient (Wildman–Crippen LogP) is 0.308. The van der Waals surface area contributed by atoms with E-state index in [0.717, 1.165) is 0 Å². The van der Waals surface area contributed by atoms with Crippen molar-refractivity contribution in [3.05, 3.63) is 71.8 Å². The fourth-order valence-corrected chi connectivity index (χ4v) is 3.16. The number of aliphatic hydroxyl groups excluding tert-OH is 2. The summed E-state index contributed by atoms with van der Waals surface area (Å²) in [5.74, 6) is -0.757. The van der Waals surface area contributed by atoms with Crippen LogP contribution < -0.4 is 10.6 Å². The van der Waals surface area contributed by atoms with E-state index in [1.54, 1.807) is 60.7 Å². The molecule has 1 heterocycles. The van der Waals surface area contributed by atoms with Crippen molar-refractivity contribution in [1.82, 2.24) is 10.6 Å². The third-order valence-electron chi connectivity index (χ3n) is 4.77. The Morgan fingerprint density at radius 3 is 2.03 bits per heavy atom. The second-order valence-electron chi connectivity index (χ2n) is 6.70. The highest BCUT2D eigenvalue weighted by molar-refractivity contribution is 5.94. The first kappa shape index (κ1) is 20.9. The third kappa shape index (κ3) is 4.99. The van der Waals surface area contributed by atoms with E-state index in [1.165, 1.54) is 7.11 Å². The molecular weight excluding hydrogens is 376 g/mol. The molecule has 1 aliphatic heterocycles. The summed E-state index contributed by atoms with van der Waals surface area (Å²) in [5.41, 5.74) is 0.871. The van der Waals surface area contributed by atoms with Crippen molar-refractivity contribution >= 4 is 11.8 Å². The Labute approximate surface area is 168 Å². The van der Waals surface area contributed by atoms with Crippen molar-refractivity contribution in [2.24, 2.45) is 0 Å². The van der Waals surface area contributed by atoms with Crippen molar-refractivity contribution in [1.29, 1.82) is 0 Å². The van der Waals surface area contributed by atoms with Gasteiger partial charge in [-0.1, -0.05) is 36.4 Å². The highest BCUT2D eigenvalue weighted by Gasteiger charge is 2.45. The monoisotopic (exact) mass is 400 g/mol. The van der Waals surface area contributed by atoms with E-state index >= 15 is 0 Å². The molecule has 29 heavy (non-hydrogen) atoms. The molecule has 0 unspecified atom stereocenters. The summed E-state index contributed by atoms with van der Waals surface area (Å²) in [7, 11) is 1.37. The largest absolute Gasteiger partial charge is 0.388 e. The fourth-order valence-electron chi connectivity index (χ4n) is 3.16. The van der Waals surface area contributed by atoms with Crippen molar-refractivity contribution in [2.45, 2.75) is 30.6 Å². The molecule has 8 heteroatoms. The Balaban J connectivity index is 1.63. The zero-order chi connectivity index (χ0) is 20.8. The topological polar surface area (TPSA) is 117 Å². The summed E-state index contributed by atoms with van der Waals surface area (Å²) in [4.78, 5) is 24.6. The van der Waals surface area contributed by atoms with E-state index in [4.69, 9.17) is 9.47 Å². The minimum atomic E-state index is -1.35. The Morgan fingerprint density at radius 2 is 1.48 bits per heavy atom. The number of rotatable bonds is 6. The van der Waals surface area contributed by atoms with Crippen LogP contribution in [0.1, 0.15) is 20.7 Å². The average Bonchev–Trinajstić information content (AvgIpc) is 2.77. The number of hydrogen-bond donors (Lipinski definition) is 4. The summed E-state index contributed by atoms with van der Waals surface area (Å²) >= 11 is 0. The summed E-state index contributed by atoms with van der Waals surface area (Å²) in [6.07, 6.45) is -4.59. The molecule has 0 spiro atoms. The molecule has 2 aromatic carbocycles. The number of hydrogen-bond acceptors (Lipinski definition) is 6. The van der Waals surface area contributed by atoms with Gasteiger partial charge in [0.15, 0.2) is 6.29 Å². The molecule has 3 rings (SSSR count). The molecule has 1 saturated heterocycles. The number of carbonyl (C=O) groups excluding carboxylic acids is 2. The van der Waals surface area contributed by atoms with Crippen molar-refractivity contribution in [2.75, 3.05) is 13.7 Å². The predicted molar refractivity (Wildman–Crippen MR) is 104 cm³/mol. The Morgan fingerprint density at radius 1 is 0.931 bits per heavy atom. The van der Waals surface area contributed by atoms with Gasteiger partial charge < -0.3 is 30.3 Å². The van der Waals surface area contributed by atoms with Gasteiger partial charge in [-0.25, -0.2) is 0 Å². The van der Waals surface area contributed by atoms with Gasteiger partial charge in [0.2, 0.25) is 0 Å². The molecule has 2 aromatic rings. The van der Waals surface area contributed by atoms with Gasteiger partial charge in [0.1, 0.15) is 24.4 Å². The Kier molecular flexibility index (Phi) is 6.95. The van der Waals surface area contributed by atoms with Crippen LogP contribution in [0.25, 0.3) is 0 Å². The standard InChI is InChI=1S/C21H24N2O6/c1-28-21-16(23-20(27)14-10-6-3-7-11-14)18(25)17(24)15(29-21)12-22-19(26)13-8-4-2-5-9-13/h2-11,15-18,21,24-25H,12H2,1H3,(H,22,26)(H,23,27)/t15-,16-,17-,18+,21+/m1/s1. The van der Waals surface area contributed by atoms with Gasteiger partial charge in [0, 0.05) is 24.8 Å². The summed E-state index contributed by atoms with van der Waals surface area (Å²) in [5, 5.41) is 26.3. The minimum absolute atomic E-state index is 0.0365. The van der Waals surface area contributed by atoms with Crippen LogP contribution in [0.3, 0.4) is 0 Å². The van der Waals surface area contributed by atoms with Crippen LogP contribution >= 0.6 is 0 Å². The van der Waals surface area contributed by atoms with Gasteiger partial charge in [-0.05, 0) is 24.3 Å². The maximum atomic E-state index is 12.4. The van der Waals surface area contributed by atoms with Crippen molar-refractivity contribution < 1.29 is 29.3 Å². The van der Waals surface area contributed by atoms with Crippen LogP contribution in [-0.2, 0) is 9.47 Å². The van der Waals surface area contributed by atoms with Crippen LogP contribution in [0.2, 0.25) is 0 Å². The highest BCUT2D eigenvalue weighted by atomic mass is 16.7. The number of aliphatic hydroxyl groups is 2. The van der Waals surface area contributed by atoms with Gasteiger partial charge in [0.05, 0.1) is 0 Å². The quantitative estimate of drug-likeness (QED) is 0.554. The molecule has 154 valence electrons. The van der Waals surface area contributed by atoms with Gasteiger partial charge in [0.25, 0.3) is 11.8 Å². The van der Waals surface area contributed by atoms with E-state index in [1.807, 2.05) is 0 Å². The third-order valence-corrected chi connectivity index (χ3v) is 4.77. The van der Waals surface area contributed by atoms with E-state index in [-0.39, 0.29) is 12.5 Å². The Hall–Kier alpha value is -2.78. The average molecular weight is 400 g/mol. The van der Waals surface area contributed by atoms with E-state index in [2.05, 4.69) is 10.6 Å². The molecule has 0 aromatic heterocycles. The number of benzene rings is 2. The zero-order valence-electron chi connectivity index (χ0n) is 15.9. The fraction of sp³-hybridized carbons (Fsp3) is 0.333. The first-order chi connectivity index (χ1) is 14.0. The van der Waals surface area contributed by atoms with Gasteiger partial charge in [-0.15, -0.1) is 0 Å². The SMILES string of the molecule is CO[C@H]1O[C@H](CNC(=O)c2ccccc2)[C@@H](O)[C@@H](O)[C@H]1NC(=O)c1ccccc1. The van der Waals surface area contributed by atoms with Crippen molar-refractivity contribution in [3.8, 4) is 0 Å². The lowest BCUT2D eigenvalue weighted by Crippen LogP contribution is -2.65. The molecule has 0 bridgehead atoms. The molecular formula is C21H24N2O6. The second kappa shape index (κ2) is 9.62. The summed E-state index contributed by atoms with van der Waals surface area (Å²) in [6, 6.07) is 16.1. The molecule has 2 amide bonds. The summed E-state index contributed by atoms with van der Waals surface area (Å²) < 4.78 is 11.0. The second-order valence-corrected chi connectivity index (χ2v) is 6.70. The minimum Gasteiger partial charge on any atom is -0.388 e. The number of carbonyl (C=O) groups is 2. The molecule has 1 aliphatic rings. The van der Waals surface area contributed by atoms with Crippen LogP contribution in [-0.4, -0.2) is 66.3 Å². The number of amides is 2. The maximum absolute atomic E-state index is 12.4. The normalized spacial score (nSPS) is 26.5. The zero-order valence-corrected chi connectivity index (χ0v) is 15.9. The molecule has 1 fully saturated rings. The van der Waals surface area contributed by atoms with E-state index in [9.17, 15) is 19.8 Å². The first-order valence-electron chi connectivity index (χ1n) is 9.25. The van der Waals surface area contributed by atoms with Crippen molar-refractivity contribution in [3.63, 3.8) is 0 Å². The number of methoxy groups -OCH3 is 1. The lowest BCUT2D eigenvalue weighted by Gasteiger charge is -2.42. The van der Waals surface area contributed by atoms with E-state index in [0.29, 0.717) is 11.1 Å². The van der Waals surface area contributed by atoms with Crippen LogP contribution in [0.15, 0.2) is 60.7 Å². The molecule has 5 atom stereocenters. The number of ether oxygens (including phenoxy) is 2. The molecule has 0 aliphatic carbocycles. The number of nitrogens with one attached hydrogen (secondary N) is 2. The van der Waals surface area contributed by atoms with Gasteiger partial charge in [-0.2, -0.15) is 0 Å².